The zero-order chi connectivity index (χ0) is 40.5. The summed E-state index contributed by atoms with van der Waals surface area (Å²) in [6.45, 7) is 5.23. The van der Waals surface area contributed by atoms with Crippen molar-refractivity contribution >= 4 is 11.8 Å². The number of carbonyl (C=O) groups excluding carboxylic acids is 2. The van der Waals surface area contributed by atoms with E-state index >= 15 is 0 Å². The van der Waals surface area contributed by atoms with Crippen LogP contribution in [0.3, 0.4) is 0 Å². The van der Waals surface area contributed by atoms with Crippen LogP contribution in [0.5, 0.6) is 0 Å². The number of carbonyl (C=O) groups is 2. The molecular formula is C42H50F6N6O2. The Labute approximate surface area is 323 Å². The number of aromatic nitrogens is 4. The molecule has 0 bridgehead atoms. The van der Waals surface area contributed by atoms with Crippen LogP contribution < -0.4 is 10.6 Å². The third-order valence-corrected chi connectivity index (χ3v) is 11.5. The lowest BCUT2D eigenvalue weighted by molar-refractivity contribution is -0.132. The molecule has 14 heteroatoms. The zero-order valence-electron chi connectivity index (χ0n) is 32.1. The molecule has 4 aromatic rings. The summed E-state index contributed by atoms with van der Waals surface area (Å²) >= 11 is 0. The van der Waals surface area contributed by atoms with E-state index in [-0.39, 0.29) is 63.2 Å². The highest BCUT2D eigenvalue weighted by Crippen LogP contribution is 2.40. The third kappa shape index (κ3) is 9.32. The van der Waals surface area contributed by atoms with Crippen LogP contribution in [-0.4, -0.2) is 56.9 Å². The molecule has 0 radical (unpaired) electrons. The number of amides is 2. The molecule has 2 fully saturated rings. The quantitative estimate of drug-likeness (QED) is 0.101. The maximum Gasteiger partial charge on any atom is 0.248 e. The van der Waals surface area contributed by atoms with Crippen molar-refractivity contribution in [3.8, 4) is 33.6 Å². The number of benzene rings is 2. The first-order valence-corrected chi connectivity index (χ1v) is 19.2. The molecule has 2 saturated carbocycles. The van der Waals surface area contributed by atoms with Crippen LogP contribution in [0.2, 0.25) is 0 Å². The third-order valence-electron chi connectivity index (χ3n) is 11.5. The lowest BCUT2D eigenvalue weighted by Gasteiger charge is -2.34. The van der Waals surface area contributed by atoms with Gasteiger partial charge in [0.15, 0.2) is 0 Å². The largest absolute Gasteiger partial charge is 0.345 e. The molecule has 2 amide bonds. The van der Waals surface area contributed by atoms with E-state index in [2.05, 4.69) is 30.6 Å². The average Bonchev–Trinajstić information content (AvgIpc) is 3.87. The Balaban J connectivity index is 1.12. The molecule has 2 atom stereocenters. The highest BCUT2D eigenvalue weighted by molar-refractivity contribution is 5.80. The average molecular weight is 785 g/mol. The summed E-state index contributed by atoms with van der Waals surface area (Å²) in [5.74, 6) is -6.67. The summed E-state index contributed by atoms with van der Waals surface area (Å²) in [5, 5.41) is 5.79. The molecule has 0 saturated heterocycles. The number of halogens is 6. The molecule has 302 valence electrons. The molecule has 2 aromatic heterocycles. The number of nitrogens with zero attached hydrogens (tertiary/aromatic N) is 2. The van der Waals surface area contributed by atoms with Crippen molar-refractivity contribution in [2.45, 2.75) is 103 Å². The monoisotopic (exact) mass is 784 g/mol. The first kappa shape index (κ1) is 41.0. The zero-order valence-corrected chi connectivity index (χ0v) is 32.1. The SMILES string of the molecule is CC(C)(CF)C(NC(=O)C1CCC(F)(F)CC1)c1ncc(-c2ccc(-c3ccc(-c4cnc(C(NC(=O)C5CCC(F)(F)CC5)C(C)(C)CF)[nH]4)cc3)cc2)[nH]1. The highest BCUT2D eigenvalue weighted by Gasteiger charge is 2.42. The van der Waals surface area contributed by atoms with Gasteiger partial charge in [0.1, 0.15) is 11.6 Å². The van der Waals surface area contributed by atoms with E-state index in [1.807, 2.05) is 48.5 Å². The maximum atomic E-state index is 14.2. The molecule has 2 aromatic carbocycles. The molecule has 6 rings (SSSR count). The fourth-order valence-corrected chi connectivity index (χ4v) is 7.49. The van der Waals surface area contributed by atoms with Crippen LogP contribution in [0.25, 0.3) is 33.6 Å². The minimum atomic E-state index is -2.76. The molecule has 2 aliphatic carbocycles. The van der Waals surface area contributed by atoms with Crippen molar-refractivity contribution < 1.29 is 35.9 Å². The topological polar surface area (TPSA) is 116 Å². The lowest BCUT2D eigenvalue weighted by Crippen LogP contribution is -2.43. The van der Waals surface area contributed by atoms with Crippen molar-refractivity contribution in [3.63, 3.8) is 0 Å². The summed E-state index contributed by atoms with van der Waals surface area (Å²) < 4.78 is 83.2. The van der Waals surface area contributed by atoms with E-state index in [9.17, 15) is 35.9 Å². The Bertz CT molecular complexity index is 1810. The van der Waals surface area contributed by atoms with E-state index in [1.54, 1.807) is 40.1 Å². The standard InChI is InChI=1S/C42H50F6N6O2/c1-39(2,23-43)33(53-37(55)29-13-17-41(45,46)18-14-29)35-49-21-31(51-35)27-9-5-25(6-10-27)26-7-11-28(12-8-26)32-22-50-36(52-32)34(40(3,4)24-44)54-38(56)30-15-19-42(47,48)20-16-30/h5-12,21-22,29-30,33-34H,13-20,23-24H2,1-4H3,(H,49,51)(H,50,52)(H,53,55)(H,54,56). The predicted octanol–water partition coefficient (Wildman–Crippen LogP) is 10.1. The number of imidazole rings is 2. The van der Waals surface area contributed by atoms with Gasteiger partial charge in [-0.15, -0.1) is 0 Å². The van der Waals surface area contributed by atoms with Crippen molar-refractivity contribution in [2.24, 2.45) is 22.7 Å². The van der Waals surface area contributed by atoms with Crippen LogP contribution in [0.15, 0.2) is 60.9 Å². The van der Waals surface area contributed by atoms with Crippen LogP contribution in [0.4, 0.5) is 26.3 Å². The van der Waals surface area contributed by atoms with Crippen molar-refractivity contribution in [3.05, 3.63) is 72.6 Å². The second-order valence-electron chi connectivity index (χ2n) is 16.9. The smallest absolute Gasteiger partial charge is 0.248 e. The number of H-pyrrole nitrogens is 2. The van der Waals surface area contributed by atoms with Gasteiger partial charge in [0.05, 0.1) is 49.2 Å². The Morgan fingerprint density at radius 1 is 0.625 bits per heavy atom. The summed E-state index contributed by atoms with van der Waals surface area (Å²) in [5.41, 5.74) is 2.78. The van der Waals surface area contributed by atoms with Crippen molar-refractivity contribution in [2.75, 3.05) is 13.3 Å². The van der Waals surface area contributed by atoms with Gasteiger partial charge in [-0.05, 0) is 47.9 Å². The number of hydrogen-bond acceptors (Lipinski definition) is 4. The first-order chi connectivity index (χ1) is 26.4. The van der Waals surface area contributed by atoms with Crippen LogP contribution in [-0.2, 0) is 9.59 Å². The molecular weight excluding hydrogens is 734 g/mol. The van der Waals surface area contributed by atoms with Crippen LogP contribution >= 0.6 is 0 Å². The van der Waals surface area contributed by atoms with Crippen LogP contribution in [0, 0.1) is 22.7 Å². The second kappa shape index (κ2) is 16.1. The van der Waals surface area contributed by atoms with Gasteiger partial charge < -0.3 is 20.6 Å². The number of alkyl halides is 6. The van der Waals surface area contributed by atoms with Gasteiger partial charge in [-0.2, -0.15) is 0 Å². The van der Waals surface area contributed by atoms with E-state index in [4.69, 9.17) is 0 Å². The highest BCUT2D eigenvalue weighted by atomic mass is 19.3. The number of hydrogen-bond donors (Lipinski definition) is 4. The van der Waals surface area contributed by atoms with Gasteiger partial charge in [-0.1, -0.05) is 76.2 Å². The number of aromatic amines is 2. The van der Waals surface area contributed by atoms with Gasteiger partial charge >= 0.3 is 0 Å². The Morgan fingerprint density at radius 2 is 0.929 bits per heavy atom. The fourth-order valence-electron chi connectivity index (χ4n) is 7.49. The normalized spacial score (nSPS) is 19.0. The minimum absolute atomic E-state index is 0.0717. The summed E-state index contributed by atoms with van der Waals surface area (Å²) in [6.07, 6.45) is 2.14. The Kier molecular flexibility index (Phi) is 11.8. The molecule has 2 aliphatic rings. The van der Waals surface area contributed by atoms with Crippen LogP contribution in [0.1, 0.15) is 103 Å². The minimum Gasteiger partial charge on any atom is -0.345 e. The molecule has 2 unspecified atom stereocenters. The van der Waals surface area contributed by atoms with Gasteiger partial charge in [0.25, 0.3) is 0 Å². The molecule has 56 heavy (non-hydrogen) atoms. The second-order valence-corrected chi connectivity index (χ2v) is 16.9. The van der Waals surface area contributed by atoms with Crippen molar-refractivity contribution in [1.29, 1.82) is 0 Å². The number of rotatable bonds is 13. The van der Waals surface area contributed by atoms with Crippen molar-refractivity contribution in [1.82, 2.24) is 30.6 Å². The molecule has 0 spiro atoms. The molecule has 0 aliphatic heterocycles. The van der Waals surface area contributed by atoms with E-state index < -0.39 is 59.9 Å². The van der Waals surface area contributed by atoms with Gasteiger partial charge in [-0.25, -0.2) is 27.5 Å². The van der Waals surface area contributed by atoms with E-state index in [0.29, 0.717) is 23.0 Å². The molecule has 4 N–H and O–H groups in total. The van der Waals surface area contributed by atoms with Gasteiger partial charge in [-0.3, -0.25) is 18.4 Å². The summed E-state index contributed by atoms with van der Waals surface area (Å²) in [6, 6.07) is 13.8. The lowest BCUT2D eigenvalue weighted by atomic mass is 9.83. The van der Waals surface area contributed by atoms with Gasteiger partial charge in [0.2, 0.25) is 23.7 Å². The van der Waals surface area contributed by atoms with Gasteiger partial charge in [0, 0.05) is 48.3 Å². The molecule has 2 heterocycles. The summed E-state index contributed by atoms with van der Waals surface area (Å²) in [7, 11) is 0. The fraction of sp³-hybridized carbons (Fsp3) is 0.524. The maximum absolute atomic E-state index is 14.2. The van der Waals surface area contributed by atoms with E-state index in [1.165, 1.54) is 0 Å². The Hall–Kier alpha value is -4.62. The van der Waals surface area contributed by atoms with E-state index in [0.717, 1.165) is 22.3 Å². The summed E-state index contributed by atoms with van der Waals surface area (Å²) in [4.78, 5) is 41.7. The molecule has 8 nitrogen and oxygen atoms in total. The Morgan fingerprint density at radius 3 is 1.23 bits per heavy atom. The predicted molar refractivity (Wildman–Crippen MR) is 202 cm³/mol. The first-order valence-electron chi connectivity index (χ1n) is 19.2. The number of nitrogens with one attached hydrogen (secondary N) is 4.